The van der Waals surface area contributed by atoms with Crippen LogP contribution in [0.5, 0.6) is 11.5 Å². The van der Waals surface area contributed by atoms with Gasteiger partial charge in [-0.15, -0.1) is 0 Å². The van der Waals surface area contributed by atoms with E-state index >= 15 is 0 Å². The number of hydrogen-bond acceptors (Lipinski definition) is 6. The number of carbonyl (C=O) groups excluding carboxylic acids is 1. The zero-order chi connectivity index (χ0) is 24.0. The molecule has 0 aliphatic carbocycles. The zero-order valence-corrected chi connectivity index (χ0v) is 19.7. The van der Waals surface area contributed by atoms with Gasteiger partial charge in [0.2, 0.25) is 17.6 Å². The van der Waals surface area contributed by atoms with E-state index in [-0.39, 0.29) is 11.8 Å². The Morgan fingerprint density at radius 1 is 1.09 bits per heavy atom. The summed E-state index contributed by atoms with van der Waals surface area (Å²) in [7, 11) is 0. The minimum Gasteiger partial charge on any atom is -0.455 e. The van der Waals surface area contributed by atoms with Crippen molar-refractivity contribution >= 4 is 11.6 Å². The number of rotatable bonds is 7. The molecule has 1 atom stereocenters. The SMILES string of the molecule is Cc1cccc(-c2noc(CN3CCCC(C(=O)Nc4ccccc4Oc4ccccc4)C3)n2)c1. The number of nitrogens with zero attached hydrogens (tertiary/aromatic N) is 3. The molecule has 0 bridgehead atoms. The van der Waals surface area contributed by atoms with Crippen LogP contribution in [0.25, 0.3) is 11.4 Å². The maximum Gasteiger partial charge on any atom is 0.241 e. The van der Waals surface area contributed by atoms with E-state index in [2.05, 4.69) is 20.4 Å². The summed E-state index contributed by atoms with van der Waals surface area (Å²) in [6.45, 7) is 4.08. The maximum absolute atomic E-state index is 13.1. The summed E-state index contributed by atoms with van der Waals surface area (Å²) in [5, 5.41) is 7.21. The minimum atomic E-state index is -0.132. The van der Waals surface area contributed by atoms with Gasteiger partial charge in [-0.1, -0.05) is 59.3 Å². The van der Waals surface area contributed by atoms with E-state index in [4.69, 9.17) is 9.26 Å². The quantitative estimate of drug-likeness (QED) is 0.375. The molecule has 0 saturated carbocycles. The van der Waals surface area contributed by atoms with Crippen molar-refractivity contribution in [3.8, 4) is 22.9 Å². The predicted molar refractivity (Wildman–Crippen MR) is 134 cm³/mol. The maximum atomic E-state index is 13.1. The van der Waals surface area contributed by atoms with Crippen molar-refractivity contribution in [3.05, 3.63) is 90.3 Å². The molecule has 2 heterocycles. The Morgan fingerprint density at radius 2 is 1.91 bits per heavy atom. The lowest BCUT2D eigenvalue weighted by atomic mass is 9.97. The Kier molecular flexibility index (Phi) is 6.86. The highest BCUT2D eigenvalue weighted by atomic mass is 16.5. The van der Waals surface area contributed by atoms with Crippen LogP contribution in [0.4, 0.5) is 5.69 Å². The van der Waals surface area contributed by atoms with Crippen molar-refractivity contribution in [1.29, 1.82) is 0 Å². The fourth-order valence-corrected chi connectivity index (χ4v) is 4.33. The highest BCUT2D eigenvalue weighted by Gasteiger charge is 2.27. The summed E-state index contributed by atoms with van der Waals surface area (Å²) in [4.78, 5) is 19.9. The minimum absolute atomic E-state index is 0.00945. The van der Waals surface area contributed by atoms with Gasteiger partial charge >= 0.3 is 0 Å². The first-order chi connectivity index (χ1) is 17.1. The lowest BCUT2D eigenvalue weighted by Gasteiger charge is -2.31. The van der Waals surface area contributed by atoms with Crippen molar-refractivity contribution in [3.63, 3.8) is 0 Å². The van der Waals surface area contributed by atoms with E-state index in [1.54, 1.807) is 0 Å². The molecule has 1 unspecified atom stereocenters. The van der Waals surface area contributed by atoms with Crippen LogP contribution in [0, 0.1) is 12.8 Å². The third-order valence-corrected chi connectivity index (χ3v) is 6.10. The van der Waals surface area contributed by atoms with Crippen molar-refractivity contribution in [2.75, 3.05) is 18.4 Å². The van der Waals surface area contributed by atoms with Gasteiger partial charge in [0, 0.05) is 12.1 Å². The monoisotopic (exact) mass is 468 g/mol. The molecule has 4 aromatic rings. The fraction of sp³-hybridized carbons (Fsp3) is 0.250. The number of carbonyl (C=O) groups is 1. The number of nitrogens with one attached hydrogen (secondary N) is 1. The Hall–Kier alpha value is -3.97. The molecule has 1 saturated heterocycles. The van der Waals surface area contributed by atoms with Crippen LogP contribution in [-0.2, 0) is 11.3 Å². The van der Waals surface area contributed by atoms with Crippen molar-refractivity contribution in [2.45, 2.75) is 26.3 Å². The molecule has 1 amide bonds. The number of benzene rings is 3. The predicted octanol–water partition coefficient (Wildman–Crippen LogP) is 5.69. The molecule has 1 aromatic heterocycles. The van der Waals surface area contributed by atoms with Crippen LogP contribution >= 0.6 is 0 Å². The van der Waals surface area contributed by atoms with E-state index in [9.17, 15) is 4.79 Å². The summed E-state index contributed by atoms with van der Waals surface area (Å²) in [5.74, 6) is 2.35. The summed E-state index contributed by atoms with van der Waals surface area (Å²) in [5.41, 5.74) is 2.75. The third kappa shape index (κ3) is 5.75. The number of hydrogen-bond donors (Lipinski definition) is 1. The van der Waals surface area contributed by atoms with E-state index in [0.717, 1.165) is 36.3 Å². The van der Waals surface area contributed by atoms with Crippen LogP contribution < -0.4 is 10.1 Å². The first-order valence-electron chi connectivity index (χ1n) is 11.9. The number of aromatic nitrogens is 2. The number of anilines is 1. The summed E-state index contributed by atoms with van der Waals surface area (Å²) >= 11 is 0. The molecule has 0 radical (unpaired) electrons. The zero-order valence-electron chi connectivity index (χ0n) is 19.7. The van der Waals surface area contributed by atoms with Crippen LogP contribution in [-0.4, -0.2) is 34.0 Å². The molecule has 1 fully saturated rings. The fourth-order valence-electron chi connectivity index (χ4n) is 4.33. The number of aryl methyl sites for hydroxylation is 1. The second-order valence-electron chi connectivity index (χ2n) is 8.86. The summed E-state index contributed by atoms with van der Waals surface area (Å²) in [6, 6.07) is 25.1. The molecule has 1 aliphatic heterocycles. The van der Waals surface area contributed by atoms with E-state index < -0.39 is 0 Å². The van der Waals surface area contributed by atoms with Crippen molar-refractivity contribution < 1.29 is 14.1 Å². The number of amides is 1. The lowest BCUT2D eigenvalue weighted by molar-refractivity contribution is -0.121. The van der Waals surface area contributed by atoms with Gasteiger partial charge in [-0.3, -0.25) is 9.69 Å². The number of ether oxygens (including phenoxy) is 1. The van der Waals surface area contributed by atoms with E-state index in [1.807, 2.05) is 85.8 Å². The molecule has 5 rings (SSSR count). The Morgan fingerprint density at radius 3 is 2.77 bits per heavy atom. The molecule has 7 nitrogen and oxygen atoms in total. The standard InChI is InChI=1S/C28H28N4O3/c1-20-9-7-10-21(17-20)27-30-26(35-31-27)19-32-16-8-11-22(18-32)28(33)29-24-14-5-6-15-25(24)34-23-12-3-2-4-13-23/h2-7,9-10,12-15,17,22H,8,11,16,18-19H2,1H3,(H,29,33). The molecule has 7 heteroatoms. The van der Waals surface area contributed by atoms with Gasteiger partial charge in [-0.05, 0) is 56.6 Å². The van der Waals surface area contributed by atoms with E-state index in [1.165, 1.54) is 0 Å². The van der Waals surface area contributed by atoms with Gasteiger partial charge < -0.3 is 14.6 Å². The Bertz CT molecular complexity index is 1290. The van der Waals surface area contributed by atoms with Crippen molar-refractivity contribution in [1.82, 2.24) is 15.0 Å². The van der Waals surface area contributed by atoms with Gasteiger partial charge in [-0.25, -0.2) is 0 Å². The van der Waals surface area contributed by atoms with Crippen molar-refractivity contribution in [2.24, 2.45) is 5.92 Å². The van der Waals surface area contributed by atoms with Gasteiger partial charge in [0.25, 0.3) is 0 Å². The van der Waals surface area contributed by atoms with Crippen LogP contribution in [0.2, 0.25) is 0 Å². The first kappa shape index (κ1) is 22.8. The molecule has 1 aliphatic rings. The smallest absolute Gasteiger partial charge is 0.241 e. The van der Waals surface area contributed by atoms with Crippen LogP contribution in [0.15, 0.2) is 83.4 Å². The number of para-hydroxylation sites is 3. The number of piperidine rings is 1. The summed E-state index contributed by atoms with van der Waals surface area (Å²) < 4.78 is 11.5. The second kappa shape index (κ2) is 10.5. The Balaban J connectivity index is 1.21. The molecule has 3 aromatic carbocycles. The first-order valence-corrected chi connectivity index (χ1v) is 11.9. The molecule has 35 heavy (non-hydrogen) atoms. The topological polar surface area (TPSA) is 80.5 Å². The lowest BCUT2D eigenvalue weighted by Crippen LogP contribution is -2.40. The van der Waals surface area contributed by atoms with Crippen LogP contribution in [0.1, 0.15) is 24.3 Å². The van der Waals surface area contributed by atoms with E-state index in [0.29, 0.717) is 36.2 Å². The average molecular weight is 469 g/mol. The molecule has 0 spiro atoms. The molecule has 1 N–H and O–H groups in total. The highest BCUT2D eigenvalue weighted by Crippen LogP contribution is 2.30. The normalized spacial score (nSPS) is 16.1. The van der Waals surface area contributed by atoms with Crippen LogP contribution in [0.3, 0.4) is 0 Å². The largest absolute Gasteiger partial charge is 0.455 e. The average Bonchev–Trinajstić information content (AvgIpc) is 3.34. The molecular weight excluding hydrogens is 440 g/mol. The summed E-state index contributed by atoms with van der Waals surface area (Å²) in [6.07, 6.45) is 1.77. The van der Waals surface area contributed by atoms with Gasteiger partial charge in [0.05, 0.1) is 18.2 Å². The third-order valence-electron chi connectivity index (χ3n) is 6.10. The Labute approximate surface area is 204 Å². The molecule has 178 valence electrons. The molecular formula is C28H28N4O3. The van der Waals surface area contributed by atoms with Gasteiger partial charge in [0.15, 0.2) is 5.75 Å². The highest BCUT2D eigenvalue weighted by molar-refractivity contribution is 5.94. The van der Waals surface area contributed by atoms with Gasteiger partial charge in [-0.2, -0.15) is 4.98 Å². The van der Waals surface area contributed by atoms with Gasteiger partial charge in [0.1, 0.15) is 5.75 Å². The second-order valence-corrected chi connectivity index (χ2v) is 8.86. The number of likely N-dealkylation sites (tertiary alicyclic amines) is 1.